The van der Waals surface area contributed by atoms with Crippen LogP contribution in [0.5, 0.6) is 17.2 Å². The van der Waals surface area contributed by atoms with E-state index in [1.165, 1.54) is 12.1 Å². The average molecular weight is 404 g/mol. The van der Waals surface area contributed by atoms with Crippen LogP contribution in [0.1, 0.15) is 35.4 Å². The summed E-state index contributed by atoms with van der Waals surface area (Å²) in [5.74, 6) is 1.89. The minimum atomic E-state index is -0.428. The van der Waals surface area contributed by atoms with Gasteiger partial charge in [-0.15, -0.1) is 0 Å². The fraction of sp³-hybridized carbons (Fsp3) is 0.208. The Hall–Kier alpha value is -3.54. The van der Waals surface area contributed by atoms with Gasteiger partial charge in [0.1, 0.15) is 11.6 Å². The van der Waals surface area contributed by atoms with Gasteiger partial charge in [-0.3, -0.25) is 0 Å². The molecule has 152 valence electrons. The summed E-state index contributed by atoms with van der Waals surface area (Å²) in [6.45, 7) is 0. The number of fused-ring (bicyclic) bond motifs is 3. The smallest absolute Gasteiger partial charge is 0.213 e. The summed E-state index contributed by atoms with van der Waals surface area (Å²) in [6.07, 6.45) is 0.302. The van der Waals surface area contributed by atoms with Gasteiger partial charge in [-0.2, -0.15) is 5.10 Å². The van der Waals surface area contributed by atoms with Gasteiger partial charge < -0.3 is 14.2 Å². The second kappa shape index (κ2) is 7.37. The Balaban J connectivity index is 1.57. The van der Waals surface area contributed by atoms with Gasteiger partial charge >= 0.3 is 0 Å². The molecule has 2 aliphatic heterocycles. The molecule has 0 saturated heterocycles. The van der Waals surface area contributed by atoms with E-state index in [0.717, 1.165) is 34.6 Å². The summed E-state index contributed by atoms with van der Waals surface area (Å²) in [7, 11) is 3.24. The third kappa shape index (κ3) is 3.05. The minimum Gasteiger partial charge on any atom is -0.493 e. The molecule has 5 nitrogen and oxygen atoms in total. The molecule has 0 amide bonds. The Morgan fingerprint density at radius 3 is 2.50 bits per heavy atom. The third-order valence-electron chi connectivity index (χ3n) is 5.57. The van der Waals surface area contributed by atoms with Crippen LogP contribution < -0.4 is 14.2 Å². The maximum Gasteiger partial charge on any atom is 0.213 e. The molecule has 3 aromatic rings. The summed E-state index contributed by atoms with van der Waals surface area (Å²) in [5.41, 5.74) is 3.86. The lowest BCUT2D eigenvalue weighted by molar-refractivity contribution is -0.0190. The van der Waals surface area contributed by atoms with Crippen molar-refractivity contribution in [3.8, 4) is 17.2 Å². The number of ether oxygens (including phenoxy) is 3. The molecule has 0 aromatic heterocycles. The number of nitrogens with zero attached hydrogens (tertiary/aromatic N) is 2. The van der Waals surface area contributed by atoms with Crippen LogP contribution in [-0.4, -0.2) is 24.9 Å². The van der Waals surface area contributed by atoms with Crippen LogP contribution in [0.4, 0.5) is 4.39 Å². The zero-order chi connectivity index (χ0) is 20.7. The Bertz CT molecular complexity index is 1110. The van der Waals surface area contributed by atoms with Crippen LogP contribution in [-0.2, 0) is 0 Å². The first kappa shape index (κ1) is 18.5. The van der Waals surface area contributed by atoms with E-state index in [1.807, 2.05) is 41.4 Å². The molecule has 3 aromatic carbocycles. The van der Waals surface area contributed by atoms with E-state index in [0.29, 0.717) is 11.5 Å². The van der Waals surface area contributed by atoms with Crippen LogP contribution in [0.25, 0.3) is 0 Å². The summed E-state index contributed by atoms with van der Waals surface area (Å²) in [4.78, 5) is 0. The molecule has 2 atom stereocenters. The molecule has 0 spiro atoms. The molecule has 0 N–H and O–H groups in total. The molecule has 2 heterocycles. The van der Waals surface area contributed by atoms with Crippen molar-refractivity contribution < 1.29 is 18.6 Å². The summed E-state index contributed by atoms with van der Waals surface area (Å²) in [5, 5.41) is 6.90. The molecule has 2 aliphatic rings. The van der Waals surface area contributed by atoms with Crippen LogP contribution in [0.15, 0.2) is 71.8 Å². The van der Waals surface area contributed by atoms with Gasteiger partial charge in [-0.1, -0.05) is 30.3 Å². The first-order chi connectivity index (χ1) is 14.7. The minimum absolute atomic E-state index is 0.0353. The lowest BCUT2D eigenvalue weighted by atomic mass is 9.96. The number of halogens is 1. The first-order valence-corrected chi connectivity index (χ1v) is 9.77. The number of para-hydroxylation sites is 1. The predicted octanol–water partition coefficient (Wildman–Crippen LogP) is 5.09. The van der Waals surface area contributed by atoms with Gasteiger partial charge in [0, 0.05) is 23.1 Å². The van der Waals surface area contributed by atoms with Gasteiger partial charge in [0.05, 0.1) is 26.0 Å². The van der Waals surface area contributed by atoms with Crippen LogP contribution in [0.3, 0.4) is 0 Å². The lowest BCUT2D eigenvalue weighted by Gasteiger charge is -2.38. The second-order valence-corrected chi connectivity index (χ2v) is 7.28. The van der Waals surface area contributed by atoms with E-state index in [4.69, 9.17) is 19.3 Å². The van der Waals surface area contributed by atoms with Crippen LogP contribution >= 0.6 is 0 Å². The number of hydrogen-bond acceptors (Lipinski definition) is 5. The van der Waals surface area contributed by atoms with Crippen molar-refractivity contribution in [1.29, 1.82) is 0 Å². The van der Waals surface area contributed by atoms with Crippen molar-refractivity contribution in [2.75, 3.05) is 14.2 Å². The van der Waals surface area contributed by atoms with Gasteiger partial charge in [0.25, 0.3) is 0 Å². The fourth-order valence-corrected chi connectivity index (χ4v) is 4.07. The number of methoxy groups -OCH3 is 2. The Kier molecular flexibility index (Phi) is 4.54. The highest BCUT2D eigenvalue weighted by molar-refractivity contribution is 6.02. The van der Waals surface area contributed by atoms with Crippen molar-refractivity contribution >= 4 is 5.71 Å². The predicted molar refractivity (Wildman–Crippen MR) is 111 cm³/mol. The lowest BCUT2D eigenvalue weighted by Crippen LogP contribution is -2.33. The second-order valence-electron chi connectivity index (χ2n) is 7.28. The van der Waals surface area contributed by atoms with Gasteiger partial charge in [-0.05, 0) is 36.4 Å². The monoisotopic (exact) mass is 404 g/mol. The van der Waals surface area contributed by atoms with Gasteiger partial charge in [0.2, 0.25) is 6.23 Å². The summed E-state index contributed by atoms with van der Waals surface area (Å²) >= 11 is 0. The van der Waals surface area contributed by atoms with E-state index < -0.39 is 6.23 Å². The molecule has 0 aliphatic carbocycles. The highest BCUT2D eigenvalue weighted by atomic mass is 19.1. The molecule has 0 saturated carbocycles. The Morgan fingerprint density at radius 1 is 0.967 bits per heavy atom. The maximum absolute atomic E-state index is 13.5. The molecular weight excluding hydrogens is 383 g/mol. The van der Waals surface area contributed by atoms with Crippen molar-refractivity contribution in [3.05, 3.63) is 89.2 Å². The molecule has 0 radical (unpaired) electrons. The van der Waals surface area contributed by atoms with Gasteiger partial charge in [0.15, 0.2) is 11.5 Å². The van der Waals surface area contributed by atoms with Crippen molar-refractivity contribution in [1.82, 2.24) is 5.01 Å². The van der Waals surface area contributed by atoms with Crippen molar-refractivity contribution in [3.63, 3.8) is 0 Å². The highest BCUT2D eigenvalue weighted by Gasteiger charge is 2.40. The largest absolute Gasteiger partial charge is 0.493 e. The molecule has 6 heteroatoms. The summed E-state index contributed by atoms with van der Waals surface area (Å²) in [6, 6.07) is 20.2. The SMILES string of the molecule is COc1ccc(C2=NN3[C@H](C2)c2ccccc2O[C@H]3c2ccc(F)cc2)cc1OC. The number of rotatable bonds is 4. The zero-order valence-corrected chi connectivity index (χ0v) is 16.7. The fourth-order valence-electron chi connectivity index (χ4n) is 4.07. The van der Waals surface area contributed by atoms with E-state index in [2.05, 4.69) is 6.07 Å². The molecule has 0 unspecified atom stereocenters. The molecule has 5 rings (SSSR count). The topological polar surface area (TPSA) is 43.3 Å². The molecule has 0 fully saturated rings. The normalized spacial score (nSPS) is 19.4. The van der Waals surface area contributed by atoms with Crippen molar-refractivity contribution in [2.24, 2.45) is 5.10 Å². The Morgan fingerprint density at radius 2 is 1.73 bits per heavy atom. The van der Waals surface area contributed by atoms with Crippen LogP contribution in [0.2, 0.25) is 0 Å². The standard InChI is InChI=1S/C24H21FN2O3/c1-28-22-12-9-16(13-23(22)29-2)19-14-20-18-5-3-4-6-21(18)30-24(27(20)26-19)15-7-10-17(25)11-8-15/h3-13,20,24H,14H2,1-2H3/t20-,24+/m1/s1. The van der Waals surface area contributed by atoms with E-state index in [1.54, 1.807) is 26.4 Å². The number of benzene rings is 3. The maximum atomic E-state index is 13.5. The van der Waals surface area contributed by atoms with Crippen LogP contribution in [0, 0.1) is 5.82 Å². The third-order valence-corrected chi connectivity index (χ3v) is 5.57. The molecule has 0 bridgehead atoms. The average Bonchev–Trinajstić information content (AvgIpc) is 3.24. The molecule has 30 heavy (non-hydrogen) atoms. The highest BCUT2D eigenvalue weighted by Crippen LogP contribution is 2.47. The van der Waals surface area contributed by atoms with E-state index >= 15 is 0 Å². The van der Waals surface area contributed by atoms with Crippen molar-refractivity contribution in [2.45, 2.75) is 18.7 Å². The number of hydrazone groups is 1. The van der Waals surface area contributed by atoms with E-state index in [-0.39, 0.29) is 11.9 Å². The zero-order valence-electron chi connectivity index (χ0n) is 16.7. The summed E-state index contributed by atoms with van der Waals surface area (Å²) < 4.78 is 30.6. The quantitative estimate of drug-likeness (QED) is 0.608. The molecular formula is C24H21FN2O3. The van der Waals surface area contributed by atoms with E-state index in [9.17, 15) is 4.39 Å². The van der Waals surface area contributed by atoms with Gasteiger partial charge in [-0.25, -0.2) is 9.40 Å². The first-order valence-electron chi connectivity index (χ1n) is 9.77. The number of hydrogen-bond donors (Lipinski definition) is 0. The Labute approximate surface area is 174 Å².